The molecule has 1 aliphatic heterocycles. The van der Waals surface area contributed by atoms with Crippen LogP contribution in [0.1, 0.15) is 69.6 Å². The van der Waals surface area contributed by atoms with E-state index < -0.39 is 5.60 Å². The van der Waals surface area contributed by atoms with Crippen molar-refractivity contribution in [1.82, 2.24) is 0 Å². The minimum Gasteiger partial charge on any atom is -0.482 e. The lowest BCUT2D eigenvalue weighted by molar-refractivity contribution is 0.161. The second-order valence-electron chi connectivity index (χ2n) is 10.5. The summed E-state index contributed by atoms with van der Waals surface area (Å²) in [6, 6.07) is 11.8. The maximum atomic E-state index is 12.9. The van der Waals surface area contributed by atoms with Crippen molar-refractivity contribution < 1.29 is 9.15 Å². The van der Waals surface area contributed by atoms with E-state index in [1.807, 2.05) is 18.2 Å². The lowest BCUT2D eigenvalue weighted by Gasteiger charge is -2.33. The lowest BCUT2D eigenvalue weighted by Crippen LogP contribution is -2.28. The Labute approximate surface area is 194 Å². The molecule has 3 nitrogen and oxygen atoms in total. The van der Waals surface area contributed by atoms with E-state index in [9.17, 15) is 4.79 Å². The molecule has 3 aromatic rings. The number of hydrogen-bond donors (Lipinski definition) is 0. The highest BCUT2D eigenvalue weighted by molar-refractivity contribution is 6.03. The Hall–Kier alpha value is -3.07. The molecule has 0 saturated heterocycles. The topological polar surface area (TPSA) is 39.4 Å². The molecule has 1 aromatic heterocycles. The highest BCUT2D eigenvalue weighted by atomic mass is 16.5. The van der Waals surface area contributed by atoms with Crippen molar-refractivity contribution >= 4 is 17.0 Å². The van der Waals surface area contributed by atoms with Gasteiger partial charge in [0.1, 0.15) is 16.9 Å². The first-order valence-corrected chi connectivity index (χ1v) is 12.1. The van der Waals surface area contributed by atoms with Crippen LogP contribution in [0.25, 0.3) is 28.2 Å². The largest absolute Gasteiger partial charge is 0.482 e. The SMILES string of the molecule is CC[C@H]1c2c(c3c(c4c(-c5ccccc5)cc(=O)oc24)OC(C)(C)C=C3)C2C=C2[C@H](C)[C@H]1C. The van der Waals surface area contributed by atoms with Crippen LogP contribution < -0.4 is 10.4 Å². The van der Waals surface area contributed by atoms with Gasteiger partial charge in [0.05, 0.1) is 5.39 Å². The number of allylic oxidation sites excluding steroid dienone is 2. The smallest absolute Gasteiger partial charge is 0.336 e. The van der Waals surface area contributed by atoms with Crippen LogP contribution in [0, 0.1) is 11.8 Å². The Kier molecular flexibility index (Phi) is 4.33. The molecule has 1 unspecified atom stereocenters. The minimum absolute atomic E-state index is 0.308. The standard InChI is InChI=1S/C30H30O3/c1-6-19-16(2)17(3)21-14-23(21)25-20-12-13-30(4,5)33-28(20)27-22(18-10-8-7-9-11-18)15-24(31)32-29(27)26(19)25/h7-17,19,23H,6H2,1-5H3/t16-,17-,19-,23?/m1/s1. The Balaban J connectivity index is 1.80. The van der Waals surface area contributed by atoms with E-state index >= 15 is 0 Å². The fourth-order valence-electron chi connectivity index (χ4n) is 6.15. The van der Waals surface area contributed by atoms with Crippen molar-refractivity contribution in [2.24, 2.45) is 11.8 Å². The predicted molar refractivity (Wildman–Crippen MR) is 134 cm³/mol. The Morgan fingerprint density at radius 3 is 2.55 bits per heavy atom. The van der Waals surface area contributed by atoms with Gasteiger partial charge in [-0.25, -0.2) is 4.79 Å². The summed E-state index contributed by atoms with van der Waals surface area (Å²) in [6.45, 7) is 11.1. The third-order valence-electron chi connectivity index (χ3n) is 8.04. The highest BCUT2D eigenvalue weighted by Crippen LogP contribution is 2.60. The van der Waals surface area contributed by atoms with Gasteiger partial charge < -0.3 is 9.15 Å². The molecule has 3 heteroatoms. The van der Waals surface area contributed by atoms with Crippen LogP contribution in [0.2, 0.25) is 0 Å². The fourth-order valence-corrected chi connectivity index (χ4v) is 6.15. The molecule has 0 amide bonds. The zero-order valence-electron chi connectivity index (χ0n) is 19.9. The average molecular weight is 439 g/mol. The number of hydrogen-bond acceptors (Lipinski definition) is 3. The van der Waals surface area contributed by atoms with E-state index in [1.54, 1.807) is 6.07 Å². The first-order valence-electron chi connectivity index (χ1n) is 12.1. The molecule has 2 heterocycles. The molecule has 2 aliphatic carbocycles. The van der Waals surface area contributed by atoms with Gasteiger partial charge in [-0.05, 0) is 55.2 Å². The molecule has 168 valence electrons. The van der Waals surface area contributed by atoms with Crippen LogP contribution in [-0.2, 0) is 0 Å². The van der Waals surface area contributed by atoms with Gasteiger partial charge in [-0.3, -0.25) is 0 Å². The number of fused-ring (bicyclic) bond motifs is 8. The summed E-state index contributed by atoms with van der Waals surface area (Å²) >= 11 is 0. The van der Waals surface area contributed by atoms with E-state index in [2.05, 4.69) is 65.0 Å². The van der Waals surface area contributed by atoms with E-state index in [0.29, 0.717) is 29.3 Å². The molecule has 6 rings (SSSR count). The summed E-state index contributed by atoms with van der Waals surface area (Å²) in [6.07, 6.45) is 7.80. The minimum atomic E-state index is -0.437. The molecule has 0 N–H and O–H groups in total. The van der Waals surface area contributed by atoms with Crippen molar-refractivity contribution in [3.63, 3.8) is 0 Å². The zero-order chi connectivity index (χ0) is 23.1. The summed E-state index contributed by atoms with van der Waals surface area (Å²) in [5.41, 5.74) is 7.02. The molecule has 0 spiro atoms. The maximum absolute atomic E-state index is 12.9. The quantitative estimate of drug-likeness (QED) is 0.308. The van der Waals surface area contributed by atoms with Gasteiger partial charge in [0.15, 0.2) is 0 Å². The van der Waals surface area contributed by atoms with Gasteiger partial charge in [-0.2, -0.15) is 0 Å². The van der Waals surface area contributed by atoms with Crippen LogP contribution in [0.4, 0.5) is 0 Å². The molecule has 33 heavy (non-hydrogen) atoms. The van der Waals surface area contributed by atoms with Gasteiger partial charge in [-0.1, -0.05) is 68.8 Å². The summed E-state index contributed by atoms with van der Waals surface area (Å²) in [7, 11) is 0. The monoisotopic (exact) mass is 438 g/mol. The Morgan fingerprint density at radius 1 is 1.06 bits per heavy atom. The molecule has 0 bridgehead atoms. The van der Waals surface area contributed by atoms with Gasteiger partial charge in [0.25, 0.3) is 0 Å². The van der Waals surface area contributed by atoms with Crippen LogP contribution in [0.5, 0.6) is 5.75 Å². The first-order chi connectivity index (χ1) is 15.8. The third kappa shape index (κ3) is 2.98. The zero-order valence-corrected chi connectivity index (χ0v) is 19.9. The normalized spacial score (nSPS) is 26.5. The molecule has 3 aliphatic rings. The molecule has 2 aromatic carbocycles. The number of ether oxygens (including phenoxy) is 1. The molecule has 4 atom stereocenters. The second-order valence-corrected chi connectivity index (χ2v) is 10.5. The Morgan fingerprint density at radius 2 is 1.82 bits per heavy atom. The molecule has 0 fully saturated rings. The van der Waals surface area contributed by atoms with Crippen LogP contribution >= 0.6 is 0 Å². The van der Waals surface area contributed by atoms with Crippen molar-refractivity contribution in [3.05, 3.63) is 81.2 Å². The number of benzene rings is 2. The molecule has 0 radical (unpaired) electrons. The summed E-state index contributed by atoms with van der Waals surface area (Å²) in [5, 5.41) is 0.925. The van der Waals surface area contributed by atoms with E-state index in [0.717, 1.165) is 34.2 Å². The van der Waals surface area contributed by atoms with Crippen molar-refractivity contribution in [1.29, 1.82) is 0 Å². The van der Waals surface area contributed by atoms with Gasteiger partial charge in [0.2, 0.25) is 0 Å². The fraction of sp³-hybridized carbons (Fsp3) is 0.367. The van der Waals surface area contributed by atoms with E-state index in [-0.39, 0.29) is 5.63 Å². The molecular formula is C30H30O3. The average Bonchev–Trinajstić information content (AvgIpc) is 3.59. The molecule has 0 saturated carbocycles. The van der Waals surface area contributed by atoms with E-state index in [4.69, 9.17) is 9.15 Å². The van der Waals surface area contributed by atoms with Crippen LogP contribution in [-0.4, -0.2) is 5.60 Å². The van der Waals surface area contributed by atoms with Crippen molar-refractivity contribution in [2.45, 2.75) is 58.5 Å². The molecular weight excluding hydrogens is 408 g/mol. The van der Waals surface area contributed by atoms with Crippen molar-refractivity contribution in [3.8, 4) is 16.9 Å². The van der Waals surface area contributed by atoms with Crippen molar-refractivity contribution in [2.75, 3.05) is 0 Å². The van der Waals surface area contributed by atoms with E-state index in [1.165, 1.54) is 16.7 Å². The van der Waals surface area contributed by atoms with Crippen LogP contribution in [0.3, 0.4) is 0 Å². The van der Waals surface area contributed by atoms with Gasteiger partial charge in [-0.15, -0.1) is 0 Å². The Bertz CT molecular complexity index is 1400. The second kappa shape index (κ2) is 6.96. The van der Waals surface area contributed by atoms with Gasteiger partial charge in [0, 0.05) is 28.7 Å². The summed E-state index contributed by atoms with van der Waals surface area (Å²) < 4.78 is 12.8. The van der Waals surface area contributed by atoms with Gasteiger partial charge >= 0.3 is 5.63 Å². The predicted octanol–water partition coefficient (Wildman–Crippen LogP) is 7.45. The summed E-state index contributed by atoms with van der Waals surface area (Å²) in [4.78, 5) is 12.9. The maximum Gasteiger partial charge on any atom is 0.336 e. The first kappa shape index (κ1) is 20.5. The lowest BCUT2D eigenvalue weighted by atomic mass is 9.76. The summed E-state index contributed by atoms with van der Waals surface area (Å²) in [5.74, 6) is 2.44. The van der Waals surface area contributed by atoms with Crippen LogP contribution in [0.15, 0.2) is 63.3 Å². The highest BCUT2D eigenvalue weighted by Gasteiger charge is 2.45. The third-order valence-corrected chi connectivity index (χ3v) is 8.04. The number of rotatable bonds is 2.